The van der Waals surface area contributed by atoms with Crippen LogP contribution in [0.3, 0.4) is 0 Å². The normalized spacial score (nSPS) is 17.3. The van der Waals surface area contributed by atoms with Gasteiger partial charge in [0.2, 0.25) is 5.78 Å². The number of nitriles is 1. The second-order valence-corrected chi connectivity index (χ2v) is 11.9. The van der Waals surface area contributed by atoms with Gasteiger partial charge in [0.15, 0.2) is 0 Å². The maximum atomic E-state index is 14.4. The first-order valence-corrected chi connectivity index (χ1v) is 15.7. The van der Waals surface area contributed by atoms with Crippen molar-refractivity contribution in [2.75, 3.05) is 6.61 Å². The van der Waals surface area contributed by atoms with Crippen LogP contribution in [0.25, 0.3) is 16.9 Å². The Bertz CT molecular complexity index is 1650. The fourth-order valence-corrected chi connectivity index (χ4v) is 6.26. The maximum Gasteiger partial charge on any atom is 0.259 e. The first-order chi connectivity index (χ1) is 20.8. The number of aromatic nitrogens is 4. The predicted octanol–water partition coefficient (Wildman–Crippen LogP) is 6.33. The average molecular weight is 582 g/mol. The van der Waals surface area contributed by atoms with Crippen LogP contribution in [0.2, 0.25) is 0 Å². The van der Waals surface area contributed by atoms with E-state index in [1.807, 2.05) is 66.3 Å². The summed E-state index contributed by atoms with van der Waals surface area (Å²) in [5.74, 6) is 1.27. The van der Waals surface area contributed by atoms with Gasteiger partial charge in [-0.15, -0.1) is 0 Å². The number of rotatable bonds is 11. The highest BCUT2D eigenvalue weighted by atomic mass is 16.5. The molecule has 0 saturated heterocycles. The fourth-order valence-electron chi connectivity index (χ4n) is 6.26. The molecule has 8 heteroatoms. The van der Waals surface area contributed by atoms with Crippen LogP contribution in [-0.4, -0.2) is 42.6 Å². The van der Waals surface area contributed by atoms with Gasteiger partial charge in [-0.2, -0.15) is 15.3 Å². The lowest BCUT2D eigenvalue weighted by atomic mass is 9.91. The minimum Gasteiger partial charge on any atom is -0.388 e. The Balaban J connectivity index is 1.45. The van der Waals surface area contributed by atoms with E-state index in [2.05, 4.69) is 25.1 Å². The predicted molar refractivity (Wildman–Crippen MR) is 168 cm³/mol. The molecule has 2 heterocycles. The average Bonchev–Trinajstić information content (AvgIpc) is 3.43. The zero-order valence-electron chi connectivity index (χ0n) is 25.8. The molecule has 0 radical (unpaired) electrons. The van der Waals surface area contributed by atoms with Gasteiger partial charge >= 0.3 is 0 Å². The van der Waals surface area contributed by atoms with E-state index in [0.717, 1.165) is 66.5 Å². The summed E-state index contributed by atoms with van der Waals surface area (Å²) in [6, 6.07) is 18.0. The van der Waals surface area contributed by atoms with Gasteiger partial charge in [0.05, 0.1) is 35.6 Å². The molecule has 0 bridgehead atoms. The molecule has 1 N–H and O–H groups in total. The second-order valence-electron chi connectivity index (χ2n) is 11.9. The van der Waals surface area contributed by atoms with Crippen LogP contribution in [0.4, 0.5) is 0 Å². The number of ether oxygens (including phenoxy) is 1. The maximum absolute atomic E-state index is 14.4. The molecule has 2 aromatic heterocycles. The summed E-state index contributed by atoms with van der Waals surface area (Å²) in [5.41, 5.74) is 4.47. The zero-order chi connectivity index (χ0) is 30.6. The summed E-state index contributed by atoms with van der Waals surface area (Å²) in [5, 5.41) is 25.0. The van der Waals surface area contributed by atoms with Crippen LogP contribution in [0.5, 0.6) is 0 Å². The van der Waals surface area contributed by atoms with Crippen LogP contribution in [-0.2, 0) is 17.6 Å². The van der Waals surface area contributed by atoms with Crippen molar-refractivity contribution in [2.24, 2.45) is 0 Å². The lowest BCUT2D eigenvalue weighted by Crippen LogP contribution is -2.37. The van der Waals surface area contributed by atoms with E-state index >= 15 is 0 Å². The zero-order valence-corrected chi connectivity index (χ0v) is 25.8. The molecule has 4 aromatic rings. The number of nitrogens with zero attached hydrogens (tertiary/aromatic N) is 5. The second kappa shape index (κ2) is 13.2. The molecule has 1 fully saturated rings. The highest BCUT2D eigenvalue weighted by Gasteiger charge is 2.30. The van der Waals surface area contributed by atoms with Crippen LogP contribution in [0.1, 0.15) is 100.0 Å². The van der Waals surface area contributed by atoms with E-state index < -0.39 is 5.60 Å². The molecule has 0 aliphatic heterocycles. The van der Waals surface area contributed by atoms with Crippen molar-refractivity contribution in [1.29, 1.82) is 5.26 Å². The number of aryl methyl sites for hydroxylation is 2. The van der Waals surface area contributed by atoms with Crippen LogP contribution < -0.4 is 5.56 Å². The number of hydrogen-bond acceptors (Lipinski definition) is 6. The minimum atomic E-state index is -0.777. The Morgan fingerprint density at radius 3 is 2.40 bits per heavy atom. The SMILES string of the molecule is CCCc1c(Cc2ccc(-c3ccccc3C#N)cc2)c(=O)n([C@H]2CC[C@H](OCC(O)(CC)CC)CC2)c2nc(C)nn12. The van der Waals surface area contributed by atoms with Gasteiger partial charge < -0.3 is 9.84 Å². The Morgan fingerprint density at radius 2 is 1.74 bits per heavy atom. The minimum absolute atomic E-state index is 0.00831. The van der Waals surface area contributed by atoms with E-state index in [1.54, 1.807) is 0 Å². The van der Waals surface area contributed by atoms with Crippen molar-refractivity contribution in [2.45, 2.75) is 103 Å². The molecule has 8 nitrogen and oxygen atoms in total. The molecule has 0 spiro atoms. The molecule has 226 valence electrons. The number of hydrogen-bond donors (Lipinski definition) is 1. The molecule has 1 aliphatic carbocycles. The third kappa shape index (κ3) is 6.43. The Morgan fingerprint density at radius 1 is 1.05 bits per heavy atom. The molecule has 0 atom stereocenters. The number of fused-ring (bicyclic) bond motifs is 1. The van der Waals surface area contributed by atoms with Gasteiger partial charge in [-0.25, -0.2) is 4.52 Å². The molecular formula is C35H43N5O3. The van der Waals surface area contributed by atoms with Crippen molar-refractivity contribution >= 4 is 5.78 Å². The van der Waals surface area contributed by atoms with Crippen molar-refractivity contribution in [3.05, 3.63) is 87.1 Å². The first-order valence-electron chi connectivity index (χ1n) is 15.7. The fraction of sp³-hybridized carbons (Fsp3) is 0.486. The smallest absolute Gasteiger partial charge is 0.259 e. The molecule has 43 heavy (non-hydrogen) atoms. The molecule has 0 amide bonds. The third-order valence-electron chi connectivity index (χ3n) is 9.09. The largest absolute Gasteiger partial charge is 0.388 e. The summed E-state index contributed by atoms with van der Waals surface area (Å²) >= 11 is 0. The lowest BCUT2D eigenvalue weighted by Gasteiger charge is -2.33. The van der Waals surface area contributed by atoms with E-state index in [1.165, 1.54) is 0 Å². The van der Waals surface area contributed by atoms with Crippen molar-refractivity contribution < 1.29 is 9.84 Å². The van der Waals surface area contributed by atoms with Gasteiger partial charge in [0, 0.05) is 18.0 Å². The monoisotopic (exact) mass is 581 g/mol. The summed E-state index contributed by atoms with van der Waals surface area (Å²) < 4.78 is 9.94. The molecule has 5 rings (SSSR count). The lowest BCUT2D eigenvalue weighted by molar-refractivity contribution is -0.0865. The van der Waals surface area contributed by atoms with Crippen molar-refractivity contribution in [3.63, 3.8) is 0 Å². The van der Waals surface area contributed by atoms with Crippen LogP contribution in [0, 0.1) is 18.3 Å². The quantitative estimate of drug-likeness (QED) is 0.222. The number of benzene rings is 2. The van der Waals surface area contributed by atoms with Gasteiger partial charge in [0.25, 0.3) is 5.56 Å². The van der Waals surface area contributed by atoms with Crippen LogP contribution in [0.15, 0.2) is 53.3 Å². The van der Waals surface area contributed by atoms with Crippen molar-refractivity contribution in [1.82, 2.24) is 19.2 Å². The Kier molecular flexibility index (Phi) is 9.43. The van der Waals surface area contributed by atoms with E-state index in [0.29, 0.717) is 43.0 Å². The van der Waals surface area contributed by atoms with E-state index in [-0.39, 0.29) is 17.7 Å². The highest BCUT2D eigenvalue weighted by molar-refractivity contribution is 5.70. The standard InChI is InChI=1S/C35H43N5O3/c1-5-10-32-31(21-25-13-15-26(16-14-25)30-12-9-8-11-27(30)22-36)33(41)39(34-37-24(4)38-40(32)34)28-17-19-29(20-18-28)43-23-35(42,6-2)7-3/h8-9,11-16,28-29,42H,5-7,10,17-21,23H2,1-4H3/t28-,29-. The van der Waals surface area contributed by atoms with Gasteiger partial charge in [0.1, 0.15) is 5.82 Å². The third-order valence-corrected chi connectivity index (χ3v) is 9.09. The summed E-state index contributed by atoms with van der Waals surface area (Å²) in [6.07, 6.45) is 6.81. The molecular weight excluding hydrogens is 538 g/mol. The van der Waals surface area contributed by atoms with Gasteiger partial charge in [-0.05, 0) is 74.6 Å². The van der Waals surface area contributed by atoms with Gasteiger partial charge in [-0.3, -0.25) is 9.36 Å². The van der Waals surface area contributed by atoms with E-state index in [4.69, 9.17) is 14.8 Å². The topological polar surface area (TPSA) is 105 Å². The molecule has 0 unspecified atom stereocenters. The first kappa shape index (κ1) is 30.7. The summed E-state index contributed by atoms with van der Waals surface area (Å²) in [4.78, 5) is 19.1. The summed E-state index contributed by atoms with van der Waals surface area (Å²) in [7, 11) is 0. The van der Waals surface area contributed by atoms with E-state index in [9.17, 15) is 15.2 Å². The summed E-state index contributed by atoms with van der Waals surface area (Å²) in [6.45, 7) is 8.32. The molecule has 2 aromatic carbocycles. The Hall–Kier alpha value is -3.80. The van der Waals surface area contributed by atoms with Crippen LogP contribution >= 0.6 is 0 Å². The highest BCUT2D eigenvalue weighted by Crippen LogP contribution is 2.32. The number of aliphatic hydroxyl groups is 1. The van der Waals surface area contributed by atoms with Gasteiger partial charge in [-0.1, -0.05) is 69.7 Å². The molecule has 1 aliphatic rings. The Labute approximate surface area is 254 Å². The van der Waals surface area contributed by atoms with Crippen molar-refractivity contribution in [3.8, 4) is 17.2 Å². The molecule has 1 saturated carbocycles.